The third kappa shape index (κ3) is 7.14. The van der Waals surface area contributed by atoms with Crippen LogP contribution in [0.5, 0.6) is 0 Å². The monoisotopic (exact) mass is 594 g/mol. The number of carbonyl (C=O) groups excluding carboxylic acids is 1. The van der Waals surface area contributed by atoms with E-state index in [1.807, 2.05) is 23.2 Å². The molecule has 0 radical (unpaired) electrons. The fraction of sp³-hybridized carbons (Fsp3) is 0.586. The number of piperidine rings is 1. The molecule has 1 N–H and O–H groups in total. The first-order chi connectivity index (χ1) is 19.0. The molecule has 1 saturated carbocycles. The second kappa shape index (κ2) is 13.2. The summed E-state index contributed by atoms with van der Waals surface area (Å²) in [7, 11) is 2.21. The maximum Gasteiger partial charge on any atom is 0.269 e. The summed E-state index contributed by atoms with van der Waals surface area (Å²) in [6, 6.07) is 10.8. The Morgan fingerprint density at radius 1 is 1.05 bits per heavy atom. The molecule has 0 spiro atoms. The lowest BCUT2D eigenvalue weighted by atomic mass is 9.95. The van der Waals surface area contributed by atoms with Gasteiger partial charge >= 0.3 is 0 Å². The van der Waals surface area contributed by atoms with Crippen LogP contribution >= 0.6 is 15.9 Å². The van der Waals surface area contributed by atoms with Crippen molar-refractivity contribution < 1.29 is 4.79 Å². The lowest BCUT2D eigenvalue weighted by Crippen LogP contribution is -2.52. The van der Waals surface area contributed by atoms with Gasteiger partial charge in [0.1, 0.15) is 6.07 Å². The molecule has 208 valence electrons. The van der Waals surface area contributed by atoms with Gasteiger partial charge in [-0.15, -0.1) is 0 Å². The Morgan fingerprint density at radius 2 is 1.74 bits per heavy atom. The highest BCUT2D eigenvalue weighted by atomic mass is 79.9. The average Bonchev–Trinajstić information content (AvgIpc) is 2.98. The SMILES string of the molecule is CN1CCN(C2CCN(Cc3ccc(C(=O)NN(c4nc(C#N)ncc4Br)C4CCCCC4)cc3)CC2)CC1. The van der Waals surface area contributed by atoms with Crippen LogP contribution < -0.4 is 10.4 Å². The Hall–Kier alpha value is -2.58. The van der Waals surface area contributed by atoms with E-state index < -0.39 is 0 Å². The molecule has 2 aliphatic heterocycles. The van der Waals surface area contributed by atoms with E-state index in [1.54, 1.807) is 6.20 Å². The summed E-state index contributed by atoms with van der Waals surface area (Å²) in [4.78, 5) is 29.4. The number of piperazine rings is 1. The van der Waals surface area contributed by atoms with Crippen LogP contribution in [-0.2, 0) is 6.54 Å². The molecule has 10 heteroatoms. The number of hydrogen-bond donors (Lipinski definition) is 1. The molecule has 0 atom stereocenters. The second-order valence-electron chi connectivity index (χ2n) is 11.1. The number of hydrogen-bond acceptors (Lipinski definition) is 8. The zero-order chi connectivity index (χ0) is 27.2. The van der Waals surface area contributed by atoms with Crippen molar-refractivity contribution in [1.82, 2.24) is 30.1 Å². The van der Waals surface area contributed by atoms with E-state index in [1.165, 1.54) is 51.0 Å². The third-order valence-corrected chi connectivity index (χ3v) is 9.01. The van der Waals surface area contributed by atoms with Crippen molar-refractivity contribution in [2.45, 2.75) is 63.6 Å². The lowest BCUT2D eigenvalue weighted by molar-refractivity contribution is 0.0658. The Balaban J connectivity index is 1.19. The molecule has 5 rings (SSSR count). The average molecular weight is 596 g/mol. The molecule has 9 nitrogen and oxygen atoms in total. The molecule has 2 aromatic rings. The number of rotatable bonds is 7. The minimum atomic E-state index is -0.177. The highest BCUT2D eigenvalue weighted by Gasteiger charge is 2.28. The summed E-state index contributed by atoms with van der Waals surface area (Å²) in [5, 5.41) is 11.2. The van der Waals surface area contributed by atoms with Crippen LogP contribution in [0.3, 0.4) is 0 Å². The summed E-state index contributed by atoms with van der Waals surface area (Å²) < 4.78 is 0.652. The number of anilines is 1. The Bertz CT molecular complexity index is 1150. The topological polar surface area (TPSA) is 91.6 Å². The molecule has 1 aromatic carbocycles. The molecule has 2 saturated heterocycles. The number of halogens is 1. The number of amides is 1. The standard InChI is InChI=1S/C29H39BrN8O/c1-35-15-17-37(18-16-35)24-11-13-36(14-12-24)21-22-7-9-23(10-8-22)29(39)34-38(25-5-3-2-4-6-25)28-26(30)20-32-27(19-31)33-28/h7-10,20,24-25H,2-6,11-18,21H2,1H3,(H,34,39). The van der Waals surface area contributed by atoms with Crippen molar-refractivity contribution in [3.8, 4) is 6.07 Å². The van der Waals surface area contributed by atoms with Gasteiger partial charge in [0, 0.05) is 50.5 Å². The predicted molar refractivity (Wildman–Crippen MR) is 155 cm³/mol. The molecule has 1 aliphatic carbocycles. The minimum Gasteiger partial charge on any atom is -0.304 e. The molecule has 0 unspecified atom stereocenters. The largest absolute Gasteiger partial charge is 0.304 e. The van der Waals surface area contributed by atoms with Crippen LogP contribution in [0, 0.1) is 11.3 Å². The normalized spacial score (nSPS) is 20.4. The van der Waals surface area contributed by atoms with Gasteiger partial charge in [0.15, 0.2) is 5.82 Å². The fourth-order valence-corrected chi connectivity index (χ4v) is 6.44. The van der Waals surface area contributed by atoms with Gasteiger partial charge in [0.2, 0.25) is 5.82 Å². The number of nitrogens with zero attached hydrogens (tertiary/aromatic N) is 7. The van der Waals surface area contributed by atoms with Crippen molar-refractivity contribution in [3.63, 3.8) is 0 Å². The summed E-state index contributed by atoms with van der Waals surface area (Å²) in [5.41, 5.74) is 4.94. The molecule has 0 bridgehead atoms. The molecule has 3 aliphatic rings. The maximum absolute atomic E-state index is 13.4. The van der Waals surface area contributed by atoms with Crippen molar-refractivity contribution in [1.29, 1.82) is 5.26 Å². The molecule has 3 heterocycles. The molecule has 39 heavy (non-hydrogen) atoms. The van der Waals surface area contributed by atoms with Crippen LogP contribution in [0.1, 0.15) is 66.7 Å². The maximum atomic E-state index is 13.4. The van der Waals surface area contributed by atoms with Crippen molar-refractivity contribution >= 4 is 27.7 Å². The Morgan fingerprint density at radius 3 is 2.41 bits per heavy atom. The number of carbonyl (C=O) groups is 1. The van der Waals surface area contributed by atoms with Gasteiger partial charge in [-0.05, 0) is 79.4 Å². The highest BCUT2D eigenvalue weighted by molar-refractivity contribution is 9.10. The zero-order valence-electron chi connectivity index (χ0n) is 22.9. The Kier molecular flexibility index (Phi) is 9.45. The number of benzene rings is 1. The molecule has 1 aromatic heterocycles. The lowest BCUT2D eigenvalue weighted by Gasteiger charge is -2.42. The van der Waals surface area contributed by atoms with E-state index in [9.17, 15) is 10.1 Å². The minimum absolute atomic E-state index is 0.0835. The summed E-state index contributed by atoms with van der Waals surface area (Å²) >= 11 is 3.52. The number of likely N-dealkylation sites (N-methyl/N-ethyl adjacent to an activating group) is 1. The van der Waals surface area contributed by atoms with Gasteiger partial charge in [0.05, 0.1) is 10.5 Å². The van der Waals surface area contributed by atoms with E-state index >= 15 is 0 Å². The predicted octanol–water partition coefficient (Wildman–Crippen LogP) is 3.81. The van der Waals surface area contributed by atoms with Crippen LogP contribution in [-0.4, -0.2) is 89.0 Å². The quantitative estimate of drug-likeness (QED) is 0.484. The van der Waals surface area contributed by atoms with Gasteiger partial charge in [0.25, 0.3) is 5.91 Å². The number of aromatic nitrogens is 2. The van der Waals surface area contributed by atoms with Crippen molar-refractivity contribution in [2.24, 2.45) is 0 Å². The van der Waals surface area contributed by atoms with Crippen LogP contribution in [0.25, 0.3) is 0 Å². The molecular weight excluding hydrogens is 556 g/mol. The van der Waals surface area contributed by atoms with Crippen molar-refractivity contribution in [2.75, 3.05) is 51.3 Å². The third-order valence-electron chi connectivity index (χ3n) is 8.45. The molecular formula is C29H39BrN8O. The van der Waals surface area contributed by atoms with Crippen molar-refractivity contribution in [3.05, 3.63) is 51.9 Å². The van der Waals surface area contributed by atoms with E-state index in [0.717, 1.165) is 45.3 Å². The number of likely N-dealkylation sites (tertiary alicyclic amines) is 1. The van der Waals surface area contributed by atoms with E-state index in [2.05, 4.69) is 65.2 Å². The van der Waals surface area contributed by atoms with E-state index in [4.69, 9.17) is 0 Å². The molecule has 3 fully saturated rings. The van der Waals surface area contributed by atoms with Crippen LogP contribution in [0.15, 0.2) is 34.9 Å². The number of hydrazine groups is 1. The van der Waals surface area contributed by atoms with Gasteiger partial charge < -0.3 is 4.90 Å². The summed E-state index contributed by atoms with van der Waals surface area (Å²) in [6.07, 6.45) is 9.36. The smallest absolute Gasteiger partial charge is 0.269 e. The summed E-state index contributed by atoms with van der Waals surface area (Å²) in [5.74, 6) is 0.433. The van der Waals surface area contributed by atoms with Crippen LogP contribution in [0.2, 0.25) is 0 Å². The van der Waals surface area contributed by atoms with E-state index in [0.29, 0.717) is 21.9 Å². The second-order valence-corrected chi connectivity index (χ2v) is 12.0. The number of nitriles is 1. The number of nitrogens with one attached hydrogen (secondary N) is 1. The van der Waals surface area contributed by atoms with Gasteiger partial charge in [-0.25, -0.2) is 4.98 Å². The fourth-order valence-electron chi connectivity index (χ4n) is 6.06. The zero-order valence-corrected chi connectivity index (χ0v) is 24.4. The Labute approximate surface area is 240 Å². The first-order valence-corrected chi connectivity index (χ1v) is 15.1. The van der Waals surface area contributed by atoms with Gasteiger partial charge in [-0.1, -0.05) is 31.4 Å². The van der Waals surface area contributed by atoms with Gasteiger partial charge in [-0.2, -0.15) is 10.2 Å². The highest BCUT2D eigenvalue weighted by Crippen LogP contribution is 2.30. The van der Waals surface area contributed by atoms with Gasteiger partial charge in [-0.3, -0.25) is 25.0 Å². The van der Waals surface area contributed by atoms with E-state index in [-0.39, 0.29) is 17.8 Å². The first kappa shape index (κ1) is 28.0. The summed E-state index contributed by atoms with van der Waals surface area (Å²) in [6.45, 7) is 7.89. The molecule has 1 amide bonds. The van der Waals surface area contributed by atoms with Crippen LogP contribution in [0.4, 0.5) is 5.82 Å². The first-order valence-electron chi connectivity index (χ1n) is 14.3.